The molecule has 0 spiro atoms. The predicted octanol–water partition coefficient (Wildman–Crippen LogP) is 5.53. The van der Waals surface area contributed by atoms with E-state index in [0.29, 0.717) is 23.8 Å². The molecule has 0 aliphatic carbocycles. The van der Waals surface area contributed by atoms with Crippen molar-refractivity contribution in [1.82, 2.24) is 14.9 Å². The number of thiophene rings is 1. The Kier molecular flexibility index (Phi) is 6.76. The van der Waals surface area contributed by atoms with E-state index in [4.69, 9.17) is 9.47 Å². The lowest BCUT2D eigenvalue weighted by Gasteiger charge is -2.09. The third-order valence-electron chi connectivity index (χ3n) is 4.74. The van der Waals surface area contributed by atoms with Crippen molar-refractivity contribution in [3.8, 4) is 27.8 Å². The van der Waals surface area contributed by atoms with E-state index >= 15 is 0 Å². The molecule has 0 bridgehead atoms. The Morgan fingerprint density at radius 3 is 2.67 bits per heavy atom. The first-order valence-corrected chi connectivity index (χ1v) is 11.0. The SMILES string of the molecule is CN(C)CCCOc1ccc(-c2cc3nccc(Oc4ccc([N+](=O)[O-])cc4F)c3s2)cn1. The summed E-state index contributed by atoms with van der Waals surface area (Å²) in [6.07, 6.45) is 4.22. The van der Waals surface area contributed by atoms with Crippen molar-refractivity contribution in [2.45, 2.75) is 6.42 Å². The molecule has 0 aliphatic heterocycles. The second-order valence-corrected chi connectivity index (χ2v) is 8.55. The fourth-order valence-corrected chi connectivity index (χ4v) is 4.17. The Balaban J connectivity index is 1.52. The van der Waals surface area contributed by atoms with Gasteiger partial charge in [-0.1, -0.05) is 0 Å². The van der Waals surface area contributed by atoms with Crippen LogP contribution in [0.1, 0.15) is 6.42 Å². The summed E-state index contributed by atoms with van der Waals surface area (Å²) in [7, 11) is 4.04. The highest BCUT2D eigenvalue weighted by atomic mass is 32.1. The lowest BCUT2D eigenvalue weighted by molar-refractivity contribution is -0.385. The van der Waals surface area contributed by atoms with Crippen molar-refractivity contribution in [2.24, 2.45) is 0 Å². The Bertz CT molecular complexity index is 1280. The van der Waals surface area contributed by atoms with Gasteiger partial charge in [0.25, 0.3) is 5.69 Å². The number of ether oxygens (including phenoxy) is 2. The van der Waals surface area contributed by atoms with Crippen molar-refractivity contribution in [3.05, 3.63) is 70.8 Å². The monoisotopic (exact) mass is 468 g/mol. The number of fused-ring (bicyclic) bond motifs is 1. The van der Waals surface area contributed by atoms with Gasteiger partial charge in [-0.05, 0) is 38.7 Å². The van der Waals surface area contributed by atoms with Crippen LogP contribution in [0.5, 0.6) is 17.4 Å². The lowest BCUT2D eigenvalue weighted by atomic mass is 10.2. The van der Waals surface area contributed by atoms with Crippen LogP contribution in [0.15, 0.2) is 54.9 Å². The fourth-order valence-electron chi connectivity index (χ4n) is 3.11. The normalized spacial score (nSPS) is 11.2. The van der Waals surface area contributed by atoms with Crippen molar-refractivity contribution in [2.75, 3.05) is 27.2 Å². The molecule has 0 amide bonds. The van der Waals surface area contributed by atoms with Gasteiger partial charge in [0.1, 0.15) is 5.75 Å². The van der Waals surface area contributed by atoms with Crippen LogP contribution in [0.3, 0.4) is 0 Å². The van der Waals surface area contributed by atoms with Gasteiger partial charge < -0.3 is 14.4 Å². The summed E-state index contributed by atoms with van der Waals surface area (Å²) in [5, 5.41) is 10.8. The minimum absolute atomic E-state index is 0.0968. The highest BCUT2D eigenvalue weighted by Gasteiger charge is 2.15. The van der Waals surface area contributed by atoms with Crippen LogP contribution in [0.2, 0.25) is 0 Å². The molecular formula is C23H21FN4O4S. The number of nitro benzene ring substituents is 1. The summed E-state index contributed by atoms with van der Waals surface area (Å²) in [6.45, 7) is 1.54. The highest BCUT2D eigenvalue weighted by Crippen LogP contribution is 2.39. The van der Waals surface area contributed by atoms with E-state index < -0.39 is 10.7 Å². The molecule has 0 N–H and O–H groups in total. The molecule has 0 saturated carbocycles. The molecule has 0 fully saturated rings. The van der Waals surface area contributed by atoms with Crippen LogP contribution in [-0.2, 0) is 0 Å². The van der Waals surface area contributed by atoms with E-state index in [9.17, 15) is 14.5 Å². The molecule has 4 rings (SSSR count). The molecule has 170 valence electrons. The van der Waals surface area contributed by atoms with Crippen molar-refractivity contribution in [3.63, 3.8) is 0 Å². The van der Waals surface area contributed by atoms with Crippen LogP contribution in [-0.4, -0.2) is 47.0 Å². The number of benzene rings is 1. The molecule has 0 unspecified atom stereocenters. The van der Waals surface area contributed by atoms with Gasteiger partial charge in [-0.2, -0.15) is 0 Å². The second kappa shape index (κ2) is 9.88. The third-order valence-corrected chi connectivity index (χ3v) is 5.93. The summed E-state index contributed by atoms with van der Waals surface area (Å²) < 4.78 is 26.4. The summed E-state index contributed by atoms with van der Waals surface area (Å²) >= 11 is 1.44. The van der Waals surface area contributed by atoms with Crippen LogP contribution >= 0.6 is 11.3 Å². The van der Waals surface area contributed by atoms with Gasteiger partial charge in [0.15, 0.2) is 11.6 Å². The maximum Gasteiger partial charge on any atom is 0.272 e. The lowest BCUT2D eigenvalue weighted by Crippen LogP contribution is -2.15. The molecule has 33 heavy (non-hydrogen) atoms. The number of hydrogen-bond donors (Lipinski definition) is 0. The summed E-state index contributed by atoms with van der Waals surface area (Å²) in [5.41, 5.74) is 1.25. The maximum atomic E-state index is 14.3. The zero-order chi connectivity index (χ0) is 23.4. The molecule has 3 heterocycles. The van der Waals surface area contributed by atoms with E-state index in [0.717, 1.165) is 34.2 Å². The molecule has 10 heteroatoms. The van der Waals surface area contributed by atoms with E-state index in [2.05, 4.69) is 14.9 Å². The number of non-ortho nitro benzene ring substituents is 1. The van der Waals surface area contributed by atoms with Crippen molar-refractivity contribution >= 4 is 27.2 Å². The topological polar surface area (TPSA) is 90.6 Å². The summed E-state index contributed by atoms with van der Waals surface area (Å²) in [6, 6.07) is 10.6. The van der Waals surface area contributed by atoms with Gasteiger partial charge in [-0.3, -0.25) is 15.1 Å². The molecule has 1 aromatic carbocycles. The standard InChI is InChI=1S/C23H21FN4O4S/c1-27(2)10-3-11-31-22-7-4-15(14-26-22)21-13-18-23(33-21)20(8-9-25-18)32-19-6-5-16(28(29)30)12-17(19)24/h4-9,12-14H,3,10-11H2,1-2H3. The van der Waals surface area contributed by atoms with E-state index in [1.54, 1.807) is 18.5 Å². The maximum absolute atomic E-state index is 14.3. The molecule has 0 aliphatic rings. The van der Waals surface area contributed by atoms with Gasteiger partial charge in [0.05, 0.1) is 27.8 Å². The molecule has 0 atom stereocenters. The Morgan fingerprint density at radius 2 is 1.97 bits per heavy atom. The van der Waals surface area contributed by atoms with Gasteiger partial charge in [-0.25, -0.2) is 9.37 Å². The zero-order valence-corrected chi connectivity index (χ0v) is 18.8. The quantitative estimate of drug-likeness (QED) is 0.181. The van der Waals surface area contributed by atoms with Crippen LogP contribution in [0, 0.1) is 15.9 Å². The number of aromatic nitrogens is 2. The van der Waals surface area contributed by atoms with Gasteiger partial charge in [-0.15, -0.1) is 11.3 Å². The number of nitro groups is 1. The first-order valence-electron chi connectivity index (χ1n) is 10.1. The summed E-state index contributed by atoms with van der Waals surface area (Å²) in [4.78, 5) is 21.9. The molecular weight excluding hydrogens is 447 g/mol. The van der Waals surface area contributed by atoms with Gasteiger partial charge in [0.2, 0.25) is 5.88 Å². The second-order valence-electron chi connectivity index (χ2n) is 7.50. The van der Waals surface area contributed by atoms with E-state index in [1.165, 1.54) is 23.5 Å². The predicted molar refractivity (Wildman–Crippen MR) is 125 cm³/mol. The minimum Gasteiger partial charge on any atom is -0.478 e. The Hall–Kier alpha value is -3.63. The highest BCUT2D eigenvalue weighted by molar-refractivity contribution is 7.22. The van der Waals surface area contributed by atoms with E-state index in [-0.39, 0.29) is 11.4 Å². The molecule has 3 aromatic heterocycles. The molecule has 0 radical (unpaired) electrons. The molecule has 8 nitrogen and oxygen atoms in total. The van der Waals surface area contributed by atoms with Crippen molar-refractivity contribution < 1.29 is 18.8 Å². The first-order chi connectivity index (χ1) is 15.9. The largest absolute Gasteiger partial charge is 0.478 e. The number of pyridine rings is 2. The Labute approximate surface area is 193 Å². The number of halogens is 1. The smallest absolute Gasteiger partial charge is 0.272 e. The number of rotatable bonds is 9. The summed E-state index contributed by atoms with van der Waals surface area (Å²) in [5.74, 6) is 0.0732. The third kappa shape index (κ3) is 5.41. The number of nitrogens with zero attached hydrogens (tertiary/aromatic N) is 4. The average molecular weight is 469 g/mol. The first kappa shape index (κ1) is 22.6. The minimum atomic E-state index is -0.809. The average Bonchev–Trinajstić information content (AvgIpc) is 3.23. The molecule has 4 aromatic rings. The van der Waals surface area contributed by atoms with Crippen LogP contribution in [0.4, 0.5) is 10.1 Å². The van der Waals surface area contributed by atoms with Gasteiger partial charge in [0, 0.05) is 47.6 Å². The van der Waals surface area contributed by atoms with Gasteiger partial charge >= 0.3 is 0 Å². The fraction of sp³-hybridized carbons (Fsp3) is 0.217. The number of hydrogen-bond acceptors (Lipinski definition) is 8. The Morgan fingerprint density at radius 1 is 1.12 bits per heavy atom. The van der Waals surface area contributed by atoms with E-state index in [1.807, 2.05) is 32.3 Å². The van der Waals surface area contributed by atoms with Crippen molar-refractivity contribution in [1.29, 1.82) is 0 Å². The van der Waals surface area contributed by atoms with Crippen LogP contribution < -0.4 is 9.47 Å². The molecule has 0 saturated heterocycles. The zero-order valence-electron chi connectivity index (χ0n) is 18.0. The van der Waals surface area contributed by atoms with Crippen LogP contribution in [0.25, 0.3) is 20.7 Å².